The van der Waals surface area contributed by atoms with E-state index in [0.29, 0.717) is 0 Å². The number of aryl methyl sites for hydroxylation is 3. The van der Waals surface area contributed by atoms with Crippen LogP contribution in [0.2, 0.25) is 0 Å². The molecule has 2 N–H and O–H groups in total. The summed E-state index contributed by atoms with van der Waals surface area (Å²) >= 11 is 1.70. The normalized spacial score (nSPS) is 12.0. The van der Waals surface area contributed by atoms with Crippen LogP contribution in [0.1, 0.15) is 40.1 Å². The van der Waals surface area contributed by atoms with Gasteiger partial charge in [-0.2, -0.15) is 0 Å². The summed E-state index contributed by atoms with van der Waals surface area (Å²) in [6.07, 6.45) is 1.02. The number of carbonyl (C=O) groups is 1. The molecule has 140 valence electrons. The lowest BCUT2D eigenvalue weighted by molar-refractivity contribution is -0.115. The van der Waals surface area contributed by atoms with Crippen LogP contribution in [-0.2, 0) is 11.2 Å². The van der Waals surface area contributed by atoms with E-state index in [2.05, 4.69) is 53.3 Å². The van der Waals surface area contributed by atoms with Gasteiger partial charge in [0.1, 0.15) is 0 Å². The lowest BCUT2D eigenvalue weighted by Crippen LogP contribution is -2.32. The summed E-state index contributed by atoms with van der Waals surface area (Å²) in [5.74, 6) is -0.0286. The Morgan fingerprint density at radius 3 is 2.30 bits per heavy atom. The molecule has 0 saturated heterocycles. The van der Waals surface area contributed by atoms with E-state index in [0.717, 1.165) is 23.2 Å². The van der Waals surface area contributed by atoms with E-state index >= 15 is 0 Å². The molecule has 0 aliphatic heterocycles. The Labute approximate surface area is 165 Å². The average Bonchev–Trinajstić information content (AvgIpc) is 3.20. The maximum atomic E-state index is 12.6. The van der Waals surface area contributed by atoms with Crippen LogP contribution in [0.3, 0.4) is 0 Å². The Bertz CT molecular complexity index is 865. The van der Waals surface area contributed by atoms with Crippen molar-refractivity contribution in [2.75, 3.05) is 11.9 Å². The van der Waals surface area contributed by atoms with Gasteiger partial charge >= 0.3 is 0 Å². The van der Waals surface area contributed by atoms with Crippen molar-refractivity contribution < 1.29 is 4.79 Å². The molecule has 0 aliphatic carbocycles. The SMILES string of the molecule is CCc1ccc([C@@H](NCC(=O)Nc2c(C)cccc2C)c2cccs2)cc1. The maximum absolute atomic E-state index is 12.6. The Kier molecular flexibility index (Phi) is 6.43. The first kappa shape index (κ1) is 19.3. The van der Waals surface area contributed by atoms with Crippen LogP contribution in [-0.4, -0.2) is 12.5 Å². The predicted octanol–water partition coefficient (Wildman–Crippen LogP) is 5.25. The van der Waals surface area contributed by atoms with Crippen molar-refractivity contribution in [3.8, 4) is 0 Å². The molecule has 1 amide bonds. The van der Waals surface area contributed by atoms with Crippen LogP contribution in [0, 0.1) is 13.8 Å². The van der Waals surface area contributed by atoms with Gasteiger partial charge in [0.15, 0.2) is 0 Å². The smallest absolute Gasteiger partial charge is 0.238 e. The van der Waals surface area contributed by atoms with Crippen LogP contribution in [0.25, 0.3) is 0 Å². The topological polar surface area (TPSA) is 41.1 Å². The van der Waals surface area contributed by atoms with Crippen LogP contribution < -0.4 is 10.6 Å². The lowest BCUT2D eigenvalue weighted by atomic mass is 10.0. The fourth-order valence-electron chi connectivity index (χ4n) is 3.17. The fourth-order valence-corrected chi connectivity index (χ4v) is 4.00. The van der Waals surface area contributed by atoms with Crippen molar-refractivity contribution in [1.29, 1.82) is 0 Å². The van der Waals surface area contributed by atoms with Gasteiger partial charge in [0.25, 0.3) is 0 Å². The standard InChI is InChI=1S/C23H26N2OS/c1-4-18-10-12-19(13-11-18)23(20-9-6-14-27-20)24-15-21(26)25-22-16(2)7-5-8-17(22)3/h5-14,23-24H,4,15H2,1-3H3,(H,25,26)/t23-/m1/s1. The average molecular weight is 379 g/mol. The van der Waals surface area contributed by atoms with Crippen molar-refractivity contribution >= 4 is 22.9 Å². The summed E-state index contributed by atoms with van der Waals surface area (Å²) in [7, 11) is 0. The number of carbonyl (C=O) groups excluding carboxylic acids is 1. The molecule has 0 unspecified atom stereocenters. The fraction of sp³-hybridized carbons (Fsp3) is 0.261. The van der Waals surface area contributed by atoms with Crippen molar-refractivity contribution in [2.24, 2.45) is 0 Å². The monoisotopic (exact) mass is 378 g/mol. The van der Waals surface area contributed by atoms with Gasteiger partial charge in [-0.3, -0.25) is 10.1 Å². The highest BCUT2D eigenvalue weighted by molar-refractivity contribution is 7.10. The minimum Gasteiger partial charge on any atom is -0.324 e. The third-order valence-corrected chi connectivity index (χ3v) is 5.70. The molecule has 1 aromatic heterocycles. The Morgan fingerprint density at radius 1 is 1.00 bits per heavy atom. The summed E-state index contributed by atoms with van der Waals surface area (Å²) in [4.78, 5) is 13.8. The van der Waals surface area contributed by atoms with Crippen LogP contribution in [0.15, 0.2) is 60.0 Å². The van der Waals surface area contributed by atoms with Crippen molar-refractivity contribution in [3.05, 3.63) is 87.1 Å². The molecule has 0 fully saturated rings. The highest BCUT2D eigenvalue weighted by Gasteiger charge is 2.16. The van der Waals surface area contributed by atoms with E-state index in [1.165, 1.54) is 16.0 Å². The molecule has 3 aromatic rings. The van der Waals surface area contributed by atoms with Gasteiger partial charge < -0.3 is 5.32 Å². The number of anilines is 1. The van der Waals surface area contributed by atoms with Crippen LogP contribution in [0.5, 0.6) is 0 Å². The zero-order valence-electron chi connectivity index (χ0n) is 16.1. The molecule has 1 atom stereocenters. The van der Waals surface area contributed by atoms with Gasteiger partial charge in [0.2, 0.25) is 5.91 Å². The molecule has 4 heteroatoms. The maximum Gasteiger partial charge on any atom is 0.238 e. The highest BCUT2D eigenvalue weighted by atomic mass is 32.1. The Balaban J connectivity index is 1.72. The van der Waals surface area contributed by atoms with E-state index in [1.54, 1.807) is 11.3 Å². The number of amides is 1. The molecule has 0 bridgehead atoms. The number of hydrogen-bond donors (Lipinski definition) is 2. The Morgan fingerprint density at radius 2 is 1.70 bits per heavy atom. The number of nitrogens with one attached hydrogen (secondary N) is 2. The highest BCUT2D eigenvalue weighted by Crippen LogP contribution is 2.26. The quantitative estimate of drug-likeness (QED) is 0.590. The van der Waals surface area contributed by atoms with Gasteiger partial charge in [-0.1, -0.05) is 55.5 Å². The number of hydrogen-bond acceptors (Lipinski definition) is 3. The number of rotatable bonds is 7. The minimum absolute atomic E-state index is 0.0135. The molecule has 27 heavy (non-hydrogen) atoms. The second-order valence-electron chi connectivity index (χ2n) is 6.74. The molecule has 0 aliphatic rings. The van der Waals surface area contributed by atoms with Crippen LogP contribution in [0.4, 0.5) is 5.69 Å². The van der Waals surface area contributed by atoms with E-state index in [1.807, 2.05) is 38.1 Å². The first-order valence-electron chi connectivity index (χ1n) is 9.30. The molecule has 2 aromatic carbocycles. The zero-order valence-corrected chi connectivity index (χ0v) is 16.9. The third-order valence-electron chi connectivity index (χ3n) is 4.76. The van der Waals surface area contributed by atoms with E-state index < -0.39 is 0 Å². The van der Waals surface area contributed by atoms with E-state index in [4.69, 9.17) is 0 Å². The summed E-state index contributed by atoms with van der Waals surface area (Å²) < 4.78 is 0. The first-order valence-corrected chi connectivity index (χ1v) is 10.2. The molecule has 0 spiro atoms. The summed E-state index contributed by atoms with van der Waals surface area (Å²) in [5, 5.41) is 8.55. The van der Waals surface area contributed by atoms with Crippen molar-refractivity contribution in [3.63, 3.8) is 0 Å². The predicted molar refractivity (Wildman–Crippen MR) is 115 cm³/mol. The summed E-state index contributed by atoms with van der Waals surface area (Å²) in [5.41, 5.74) is 5.55. The molecule has 3 rings (SSSR count). The number of benzene rings is 2. The van der Waals surface area contributed by atoms with Crippen LogP contribution >= 0.6 is 11.3 Å². The number of para-hydroxylation sites is 1. The van der Waals surface area contributed by atoms with E-state index in [-0.39, 0.29) is 18.5 Å². The molecule has 0 saturated carbocycles. The minimum atomic E-state index is -0.0286. The molecular weight excluding hydrogens is 352 g/mol. The Hall–Kier alpha value is -2.43. The first-order chi connectivity index (χ1) is 13.1. The van der Waals surface area contributed by atoms with Gasteiger partial charge in [-0.25, -0.2) is 0 Å². The summed E-state index contributed by atoms with van der Waals surface area (Å²) in [6, 6.07) is 18.8. The van der Waals surface area contributed by atoms with Gasteiger partial charge in [0, 0.05) is 10.6 Å². The summed E-state index contributed by atoms with van der Waals surface area (Å²) in [6.45, 7) is 6.44. The second-order valence-corrected chi connectivity index (χ2v) is 7.72. The van der Waals surface area contributed by atoms with Crippen molar-refractivity contribution in [2.45, 2.75) is 33.2 Å². The third kappa shape index (κ3) is 4.85. The lowest BCUT2D eigenvalue weighted by Gasteiger charge is -2.19. The second kappa shape index (κ2) is 8.98. The molecular formula is C23H26N2OS. The molecule has 0 radical (unpaired) electrons. The van der Waals surface area contributed by atoms with E-state index in [9.17, 15) is 4.79 Å². The van der Waals surface area contributed by atoms with Gasteiger partial charge in [0.05, 0.1) is 12.6 Å². The largest absolute Gasteiger partial charge is 0.324 e. The van der Waals surface area contributed by atoms with Gasteiger partial charge in [-0.05, 0) is 54.0 Å². The van der Waals surface area contributed by atoms with Gasteiger partial charge in [-0.15, -0.1) is 11.3 Å². The number of thiophene rings is 1. The molecule has 3 nitrogen and oxygen atoms in total. The van der Waals surface area contributed by atoms with Crippen molar-refractivity contribution in [1.82, 2.24) is 5.32 Å². The zero-order chi connectivity index (χ0) is 19.2. The molecule has 1 heterocycles.